The Bertz CT molecular complexity index is 7590. The molecule has 0 fully saturated rings. The zero-order valence-electron chi connectivity index (χ0n) is 68.8. The topological polar surface area (TPSA) is 67.9 Å². The lowest BCUT2D eigenvalue weighted by atomic mass is 10.0. The van der Waals surface area contributed by atoms with Crippen LogP contribution in [0, 0.1) is 0 Å². The number of aromatic nitrogens is 6. The van der Waals surface area contributed by atoms with Gasteiger partial charge in [0.1, 0.15) is 5.82 Å². The Labute approximate surface area is 731 Å². The smallest absolute Gasteiger partial charge is 0.162 e. The van der Waals surface area contributed by atoms with Crippen molar-refractivity contribution in [3.63, 3.8) is 0 Å². The first-order valence-corrected chi connectivity index (χ1v) is 42.7. The van der Waals surface area contributed by atoms with E-state index in [0.717, 1.165) is 123 Å². The third-order valence-corrected chi connectivity index (χ3v) is 24.2. The second kappa shape index (κ2) is 33.2. The van der Waals surface area contributed by atoms with Gasteiger partial charge in [0.05, 0.1) is 27.8 Å². The largest absolute Gasteiger partial charge is 0.311 e. The monoisotopic (exact) mass is 1610 g/mol. The van der Waals surface area contributed by atoms with Gasteiger partial charge in [-0.1, -0.05) is 328 Å². The molecule has 4 aromatic heterocycles. The molecule has 0 unspecified atom stereocenters. The van der Waals surface area contributed by atoms with Gasteiger partial charge in [-0.05, 0) is 228 Å². The van der Waals surface area contributed by atoms with Crippen molar-refractivity contribution >= 4 is 99.3 Å². The van der Waals surface area contributed by atoms with Crippen LogP contribution >= 0.6 is 0 Å². The van der Waals surface area contributed by atoms with Crippen molar-refractivity contribution in [1.82, 2.24) is 29.1 Å². The highest BCUT2D eigenvalue weighted by Gasteiger charge is 2.23. The fourth-order valence-corrected chi connectivity index (χ4v) is 17.9. The lowest BCUT2D eigenvalue weighted by Gasteiger charge is -2.26. The molecule has 0 radical (unpaired) electrons. The Morgan fingerprint density at radius 1 is 0.183 bits per heavy atom. The highest BCUT2D eigenvalue weighted by Crippen LogP contribution is 2.45. The van der Waals surface area contributed by atoms with Gasteiger partial charge >= 0.3 is 0 Å². The summed E-state index contributed by atoms with van der Waals surface area (Å²) >= 11 is 0. The molecule has 0 spiro atoms. The summed E-state index contributed by atoms with van der Waals surface area (Å²) in [5.41, 5.74) is 30.3. The first-order valence-electron chi connectivity index (χ1n) is 42.7. The quantitative estimate of drug-likeness (QED) is 0.0905. The van der Waals surface area contributed by atoms with E-state index in [1.807, 2.05) is 6.07 Å². The van der Waals surface area contributed by atoms with Crippen LogP contribution < -0.4 is 9.80 Å². The molecule has 0 bridgehead atoms. The van der Waals surface area contributed by atoms with Crippen molar-refractivity contribution in [2.45, 2.75) is 0 Å². The molecular formula is C118H80N8. The molecule has 0 aliphatic rings. The van der Waals surface area contributed by atoms with Gasteiger partial charge in [-0.15, -0.1) is 0 Å². The lowest BCUT2D eigenvalue weighted by molar-refractivity contribution is 1.05. The van der Waals surface area contributed by atoms with Gasteiger partial charge in [-0.3, -0.25) is 4.57 Å². The SMILES string of the molecule is c1ccc(-c2ccc(N(c3ccc(-c4ccccc4)cc3)c3ccc(-c4ccc5c(c4)c4ccccc4n5-c4cc(-c5cccc6ccccc56)nc(-c5cccc6ccccc56)n4)cc3)cc2)cc1.c1ccc(-c2ccc(N(c3ccc(-c4ccccc4)cc3)c3ccc(-c4ccc5c(c4)c4ccccc4n5-c4ccc(-c5ncccn5)cc4)cc3)cc2)cc1. The average Bonchev–Trinajstić information content (AvgIpc) is 1.57. The predicted molar refractivity (Wildman–Crippen MR) is 526 cm³/mol. The zero-order valence-corrected chi connectivity index (χ0v) is 68.8. The van der Waals surface area contributed by atoms with Gasteiger partial charge in [0.25, 0.3) is 0 Å². The summed E-state index contributed by atoms with van der Waals surface area (Å²) in [5.74, 6) is 2.23. The second-order valence-electron chi connectivity index (χ2n) is 31.7. The number of anilines is 6. The van der Waals surface area contributed by atoms with Crippen molar-refractivity contribution in [1.29, 1.82) is 0 Å². The fraction of sp³-hybridized carbons (Fsp3) is 0. The van der Waals surface area contributed by atoms with Crippen LogP contribution in [0.4, 0.5) is 34.1 Å². The van der Waals surface area contributed by atoms with Gasteiger partial charge in [0.15, 0.2) is 11.6 Å². The number of fused-ring (bicyclic) bond motifs is 8. The number of hydrogen-bond donors (Lipinski definition) is 0. The van der Waals surface area contributed by atoms with Gasteiger partial charge in [0.2, 0.25) is 0 Å². The van der Waals surface area contributed by atoms with Crippen LogP contribution in [0.25, 0.3) is 177 Å². The molecule has 23 aromatic rings. The van der Waals surface area contributed by atoms with E-state index in [0.29, 0.717) is 5.82 Å². The van der Waals surface area contributed by atoms with Crippen LogP contribution in [0.5, 0.6) is 0 Å². The minimum Gasteiger partial charge on any atom is -0.311 e. The highest BCUT2D eigenvalue weighted by molar-refractivity contribution is 6.12. The van der Waals surface area contributed by atoms with Crippen LogP contribution in [-0.4, -0.2) is 29.1 Å². The molecule has 4 heterocycles. The van der Waals surface area contributed by atoms with Crippen LogP contribution in [0.15, 0.2) is 486 Å². The average molecular weight is 1610 g/mol. The van der Waals surface area contributed by atoms with Gasteiger partial charge in [0, 0.05) is 96.5 Å². The van der Waals surface area contributed by atoms with E-state index in [9.17, 15) is 0 Å². The van der Waals surface area contributed by atoms with Crippen LogP contribution in [-0.2, 0) is 0 Å². The Balaban J connectivity index is 0.000000153. The summed E-state index contributed by atoms with van der Waals surface area (Å²) in [6.45, 7) is 0. The molecule has 23 rings (SSSR count). The Kier molecular flexibility index (Phi) is 19.9. The van der Waals surface area contributed by atoms with E-state index in [1.54, 1.807) is 12.4 Å². The van der Waals surface area contributed by atoms with Crippen LogP contribution in [0.2, 0.25) is 0 Å². The van der Waals surface area contributed by atoms with E-state index >= 15 is 0 Å². The normalized spacial score (nSPS) is 11.3. The van der Waals surface area contributed by atoms with E-state index in [2.05, 4.69) is 496 Å². The molecular weight excluding hydrogens is 1530 g/mol. The van der Waals surface area contributed by atoms with Crippen molar-refractivity contribution < 1.29 is 0 Å². The van der Waals surface area contributed by atoms with Gasteiger partial charge in [-0.25, -0.2) is 19.9 Å². The summed E-state index contributed by atoms with van der Waals surface area (Å²) in [4.78, 5) is 24.3. The van der Waals surface area contributed by atoms with Crippen molar-refractivity contribution in [2.75, 3.05) is 9.80 Å². The van der Waals surface area contributed by atoms with Gasteiger partial charge < -0.3 is 14.4 Å². The van der Waals surface area contributed by atoms with Crippen LogP contribution in [0.1, 0.15) is 0 Å². The molecule has 0 aliphatic heterocycles. The van der Waals surface area contributed by atoms with Crippen molar-refractivity contribution in [3.05, 3.63) is 486 Å². The summed E-state index contributed by atoms with van der Waals surface area (Å²) in [6.07, 6.45) is 3.56. The van der Waals surface area contributed by atoms with Crippen molar-refractivity contribution in [2.24, 2.45) is 0 Å². The van der Waals surface area contributed by atoms with E-state index in [1.165, 1.54) is 82.8 Å². The first kappa shape index (κ1) is 75.3. The van der Waals surface area contributed by atoms with E-state index in [-0.39, 0.29) is 0 Å². The minimum atomic E-state index is 0.688. The molecule has 0 amide bonds. The number of nitrogens with zero attached hydrogens (tertiary/aromatic N) is 8. The third-order valence-electron chi connectivity index (χ3n) is 24.2. The fourth-order valence-electron chi connectivity index (χ4n) is 17.9. The van der Waals surface area contributed by atoms with Gasteiger partial charge in [-0.2, -0.15) is 0 Å². The van der Waals surface area contributed by atoms with Crippen LogP contribution in [0.3, 0.4) is 0 Å². The lowest BCUT2D eigenvalue weighted by Crippen LogP contribution is -2.09. The summed E-state index contributed by atoms with van der Waals surface area (Å²) in [5, 5.41) is 9.37. The maximum absolute atomic E-state index is 5.45. The van der Waals surface area contributed by atoms with E-state index < -0.39 is 0 Å². The van der Waals surface area contributed by atoms with E-state index in [4.69, 9.17) is 9.97 Å². The standard InChI is InChI=1S/C66H44N4.C52H36N4/c1-3-15-45(16-4-1)47-29-36-53(37-30-47)69(54-38-31-48(32-39-54)46-17-5-2-6-18-46)55-40-33-49(34-41-55)52-35-42-64-61(43-52)59-25-11-12-28-63(59)70(64)65-44-62(58-26-13-21-50-19-7-9-23-56(50)58)67-66(68-65)60-27-14-22-51-20-8-10-24-57(51)60;1-3-10-37(11-4-1)39-16-25-44(26-17-39)55(45-27-18-40(19-28-45)38-12-5-2-6-13-38)46-29-20-41(21-30-46)43-24-33-51-49(36-43)48-14-7-8-15-50(48)56(51)47-31-22-42(23-32-47)52-53-34-9-35-54-52/h1-44H;1-36H. The number of hydrogen-bond acceptors (Lipinski definition) is 6. The molecule has 0 saturated heterocycles. The third kappa shape index (κ3) is 14.6. The molecule has 0 aliphatic carbocycles. The second-order valence-corrected chi connectivity index (χ2v) is 31.7. The molecule has 8 heteroatoms. The Morgan fingerprint density at radius 3 is 0.897 bits per heavy atom. The number of benzene rings is 19. The molecule has 19 aromatic carbocycles. The van der Waals surface area contributed by atoms with Crippen molar-refractivity contribution in [3.8, 4) is 112 Å². The summed E-state index contributed by atoms with van der Waals surface area (Å²) in [6, 6.07) is 169. The number of rotatable bonds is 17. The molecule has 0 atom stereocenters. The maximum Gasteiger partial charge on any atom is 0.162 e. The summed E-state index contributed by atoms with van der Waals surface area (Å²) in [7, 11) is 0. The Hall–Kier alpha value is -16.9. The molecule has 126 heavy (non-hydrogen) atoms. The molecule has 592 valence electrons. The summed E-state index contributed by atoms with van der Waals surface area (Å²) < 4.78 is 4.66. The predicted octanol–water partition coefficient (Wildman–Crippen LogP) is 31.4. The number of para-hydroxylation sites is 2. The molecule has 0 saturated carbocycles. The minimum absolute atomic E-state index is 0.688. The first-order chi connectivity index (χ1) is 62.5. The highest BCUT2D eigenvalue weighted by atomic mass is 15.1. The molecule has 0 N–H and O–H groups in total. The maximum atomic E-state index is 5.45. The molecule has 8 nitrogen and oxygen atoms in total. The Morgan fingerprint density at radius 2 is 0.484 bits per heavy atom. The zero-order chi connectivity index (χ0) is 83.6.